The van der Waals surface area contributed by atoms with Crippen molar-refractivity contribution in [3.63, 3.8) is 0 Å². The second-order valence-electron chi connectivity index (χ2n) is 16.1. The zero-order chi connectivity index (χ0) is 38.5. The van der Waals surface area contributed by atoms with Crippen molar-refractivity contribution in [1.82, 2.24) is 0 Å². The summed E-state index contributed by atoms with van der Waals surface area (Å²) in [4.78, 5) is 2.43. The quantitative estimate of drug-likeness (QED) is 0.176. The number of furan rings is 2. The van der Waals surface area contributed by atoms with E-state index in [9.17, 15) is 0 Å². The third-order valence-corrected chi connectivity index (χ3v) is 12.5. The van der Waals surface area contributed by atoms with E-state index in [2.05, 4.69) is 195 Å². The molecular weight excluding hydrogens is 707 g/mol. The molecule has 58 heavy (non-hydrogen) atoms. The van der Waals surface area contributed by atoms with Gasteiger partial charge in [0, 0.05) is 43.9 Å². The molecule has 11 aromatic rings. The number of hydrogen-bond acceptors (Lipinski definition) is 3. The zero-order valence-corrected chi connectivity index (χ0v) is 32.2. The first kappa shape index (κ1) is 32.8. The summed E-state index contributed by atoms with van der Waals surface area (Å²) in [5.41, 5.74) is 16.6. The molecule has 12 rings (SSSR count). The molecule has 3 nitrogen and oxygen atoms in total. The van der Waals surface area contributed by atoms with Crippen molar-refractivity contribution in [3.05, 3.63) is 199 Å². The van der Waals surface area contributed by atoms with Gasteiger partial charge in [-0.3, -0.25) is 0 Å². The number of benzene rings is 9. The van der Waals surface area contributed by atoms with Crippen LogP contribution >= 0.6 is 0 Å². The number of para-hydroxylation sites is 2. The van der Waals surface area contributed by atoms with Crippen molar-refractivity contribution in [2.45, 2.75) is 19.3 Å². The second-order valence-corrected chi connectivity index (χ2v) is 16.1. The molecule has 1 aliphatic rings. The number of nitrogens with zero attached hydrogens (tertiary/aromatic N) is 1. The van der Waals surface area contributed by atoms with Crippen LogP contribution in [0.15, 0.2) is 197 Å². The summed E-state index contributed by atoms with van der Waals surface area (Å²) in [6, 6.07) is 67.8. The molecule has 0 saturated carbocycles. The van der Waals surface area contributed by atoms with Gasteiger partial charge in [-0.15, -0.1) is 0 Å². The third-order valence-electron chi connectivity index (χ3n) is 12.5. The molecule has 1 aliphatic carbocycles. The Morgan fingerprint density at radius 2 is 1.00 bits per heavy atom. The van der Waals surface area contributed by atoms with E-state index in [-0.39, 0.29) is 5.41 Å². The molecule has 3 heteroatoms. The molecule has 9 aromatic carbocycles. The number of hydrogen-bond donors (Lipinski definition) is 0. The smallest absolute Gasteiger partial charge is 0.136 e. The highest BCUT2D eigenvalue weighted by molar-refractivity contribution is 6.16. The SMILES string of the molecule is CC1(C)c2ccccc2-c2ccc(N(c3ccc(-c4ccc5c(c4)oc4ccccc45)cc3)c3ccccc3-c3cccc4oc5cc6ccccc6cc5c34)cc21. The molecule has 0 fully saturated rings. The van der Waals surface area contributed by atoms with Crippen LogP contribution in [-0.2, 0) is 5.41 Å². The van der Waals surface area contributed by atoms with Gasteiger partial charge in [-0.05, 0) is 116 Å². The average Bonchev–Trinajstić information content (AvgIpc) is 3.90. The minimum absolute atomic E-state index is 0.143. The van der Waals surface area contributed by atoms with Gasteiger partial charge in [0.15, 0.2) is 0 Å². The van der Waals surface area contributed by atoms with Gasteiger partial charge in [0.1, 0.15) is 22.3 Å². The molecule has 0 aliphatic heterocycles. The Morgan fingerprint density at radius 1 is 0.379 bits per heavy atom. The molecule has 0 saturated heterocycles. The Bertz CT molecular complexity index is 3440. The minimum atomic E-state index is -0.143. The summed E-state index contributed by atoms with van der Waals surface area (Å²) >= 11 is 0. The van der Waals surface area contributed by atoms with Gasteiger partial charge in [-0.25, -0.2) is 0 Å². The Morgan fingerprint density at radius 3 is 1.88 bits per heavy atom. The van der Waals surface area contributed by atoms with E-state index in [1.165, 1.54) is 33.0 Å². The first-order valence-corrected chi connectivity index (χ1v) is 20.0. The summed E-state index contributed by atoms with van der Waals surface area (Å²) in [7, 11) is 0. The Kier molecular flexibility index (Phi) is 6.98. The van der Waals surface area contributed by atoms with Crippen molar-refractivity contribution in [1.29, 1.82) is 0 Å². The topological polar surface area (TPSA) is 29.5 Å². The fraction of sp³-hybridized carbons (Fsp3) is 0.0545. The van der Waals surface area contributed by atoms with Crippen LogP contribution in [0.1, 0.15) is 25.0 Å². The highest BCUT2D eigenvalue weighted by atomic mass is 16.3. The maximum Gasteiger partial charge on any atom is 0.136 e. The van der Waals surface area contributed by atoms with Crippen LogP contribution in [0.25, 0.3) is 88.0 Å². The van der Waals surface area contributed by atoms with Gasteiger partial charge in [-0.1, -0.05) is 135 Å². The van der Waals surface area contributed by atoms with Gasteiger partial charge < -0.3 is 13.7 Å². The zero-order valence-electron chi connectivity index (χ0n) is 32.2. The van der Waals surface area contributed by atoms with Crippen molar-refractivity contribution >= 4 is 71.7 Å². The summed E-state index contributed by atoms with van der Waals surface area (Å²) in [5, 5.41) is 6.88. The summed E-state index contributed by atoms with van der Waals surface area (Å²) < 4.78 is 12.9. The molecule has 0 bridgehead atoms. The lowest BCUT2D eigenvalue weighted by Crippen LogP contribution is -2.16. The van der Waals surface area contributed by atoms with Crippen LogP contribution in [0.5, 0.6) is 0 Å². The van der Waals surface area contributed by atoms with E-state index in [0.29, 0.717) is 0 Å². The molecule has 0 radical (unpaired) electrons. The average molecular weight is 744 g/mol. The molecule has 0 atom stereocenters. The number of fused-ring (bicyclic) bond motifs is 10. The molecule has 0 N–H and O–H groups in total. The molecule has 0 spiro atoms. The van der Waals surface area contributed by atoms with Gasteiger partial charge in [0.05, 0.1) is 5.69 Å². The largest absolute Gasteiger partial charge is 0.456 e. The van der Waals surface area contributed by atoms with E-state index in [4.69, 9.17) is 8.83 Å². The highest BCUT2D eigenvalue weighted by Crippen LogP contribution is 2.52. The number of anilines is 3. The molecular formula is C55H37NO2. The fourth-order valence-corrected chi connectivity index (χ4v) is 9.60. The van der Waals surface area contributed by atoms with Crippen LogP contribution in [0.2, 0.25) is 0 Å². The summed E-state index contributed by atoms with van der Waals surface area (Å²) in [6.45, 7) is 4.70. The summed E-state index contributed by atoms with van der Waals surface area (Å²) in [6.07, 6.45) is 0. The van der Waals surface area contributed by atoms with E-state index in [1.807, 2.05) is 12.1 Å². The van der Waals surface area contributed by atoms with Crippen molar-refractivity contribution in [2.24, 2.45) is 0 Å². The van der Waals surface area contributed by atoms with Crippen LogP contribution in [0.3, 0.4) is 0 Å². The standard InChI is InChI=1S/C55H37NO2/c1-55(2)47-18-8-5-14-40(47)41-29-27-39(33-48(41)55)56(38-25-22-34(23-26-38)37-24-28-44-43-16-7-10-20-50(43)57-52(44)32-37)49-19-9-6-15-42(49)45-17-11-21-51-54(45)46-30-35-12-3-4-13-36(35)31-53(46)58-51/h3-33H,1-2H3. The fourth-order valence-electron chi connectivity index (χ4n) is 9.60. The molecule has 2 aromatic heterocycles. The van der Waals surface area contributed by atoms with Crippen molar-refractivity contribution in [3.8, 4) is 33.4 Å². The molecule has 0 unspecified atom stereocenters. The normalized spacial score (nSPS) is 13.1. The lowest BCUT2D eigenvalue weighted by atomic mass is 9.82. The van der Waals surface area contributed by atoms with Crippen LogP contribution in [0, 0.1) is 0 Å². The van der Waals surface area contributed by atoms with Gasteiger partial charge in [-0.2, -0.15) is 0 Å². The summed E-state index contributed by atoms with van der Waals surface area (Å²) in [5.74, 6) is 0. The predicted molar refractivity (Wildman–Crippen MR) is 242 cm³/mol. The Balaban J connectivity index is 1.05. The third kappa shape index (κ3) is 4.86. The van der Waals surface area contributed by atoms with Gasteiger partial charge in [0.25, 0.3) is 0 Å². The van der Waals surface area contributed by atoms with Crippen LogP contribution < -0.4 is 4.90 Å². The van der Waals surface area contributed by atoms with Gasteiger partial charge in [0.2, 0.25) is 0 Å². The van der Waals surface area contributed by atoms with Crippen LogP contribution in [0.4, 0.5) is 17.1 Å². The Hall–Kier alpha value is -7.36. The number of rotatable bonds is 5. The van der Waals surface area contributed by atoms with E-state index in [0.717, 1.165) is 83.2 Å². The second kappa shape index (κ2) is 12.3. The first-order valence-electron chi connectivity index (χ1n) is 20.0. The van der Waals surface area contributed by atoms with Crippen molar-refractivity contribution in [2.75, 3.05) is 4.90 Å². The molecule has 274 valence electrons. The molecule has 2 heterocycles. The maximum atomic E-state index is 6.58. The van der Waals surface area contributed by atoms with E-state index in [1.54, 1.807) is 0 Å². The lowest BCUT2D eigenvalue weighted by molar-refractivity contribution is 0.660. The predicted octanol–water partition coefficient (Wildman–Crippen LogP) is 15.7. The minimum Gasteiger partial charge on any atom is -0.456 e. The van der Waals surface area contributed by atoms with Crippen LogP contribution in [-0.4, -0.2) is 0 Å². The monoisotopic (exact) mass is 743 g/mol. The Labute approximate surface area is 336 Å². The van der Waals surface area contributed by atoms with Crippen molar-refractivity contribution < 1.29 is 8.83 Å². The maximum absolute atomic E-state index is 6.58. The highest BCUT2D eigenvalue weighted by Gasteiger charge is 2.36. The lowest BCUT2D eigenvalue weighted by Gasteiger charge is -2.30. The van der Waals surface area contributed by atoms with Gasteiger partial charge >= 0.3 is 0 Å². The first-order chi connectivity index (χ1) is 28.5. The van der Waals surface area contributed by atoms with E-state index >= 15 is 0 Å². The molecule has 0 amide bonds. The van der Waals surface area contributed by atoms with E-state index < -0.39 is 0 Å².